The van der Waals surface area contributed by atoms with Crippen molar-refractivity contribution in [1.82, 2.24) is 0 Å². The van der Waals surface area contributed by atoms with E-state index in [0.29, 0.717) is 18.1 Å². The summed E-state index contributed by atoms with van der Waals surface area (Å²) in [6, 6.07) is 3.95. The standard InChI is InChI=1S/C15H20ClNO2/c1-10(2)9-17(6-5-14(18)19)15-12(4)7-11(3)8-13(15)16/h7-8H,1,5-6,9H2,2-4H3,(H,18,19). The van der Waals surface area contributed by atoms with Gasteiger partial charge in [0, 0.05) is 13.1 Å². The maximum atomic E-state index is 10.8. The van der Waals surface area contributed by atoms with Crippen LogP contribution in [0.1, 0.15) is 24.5 Å². The first-order valence-electron chi connectivity index (χ1n) is 6.19. The fraction of sp³-hybridized carbons (Fsp3) is 0.400. The number of aliphatic carboxylic acids is 1. The number of carbonyl (C=O) groups is 1. The van der Waals surface area contributed by atoms with Crippen molar-refractivity contribution in [3.8, 4) is 0 Å². The Balaban J connectivity index is 3.09. The Bertz CT molecular complexity index is 474. The van der Waals surface area contributed by atoms with Crippen molar-refractivity contribution in [2.75, 3.05) is 18.0 Å². The van der Waals surface area contributed by atoms with Crippen LogP contribution < -0.4 is 4.90 Å². The van der Waals surface area contributed by atoms with Crippen molar-refractivity contribution in [3.63, 3.8) is 0 Å². The lowest BCUT2D eigenvalue weighted by molar-refractivity contribution is -0.136. The van der Waals surface area contributed by atoms with Crippen LogP contribution in [0, 0.1) is 13.8 Å². The highest BCUT2D eigenvalue weighted by molar-refractivity contribution is 6.33. The van der Waals surface area contributed by atoms with Gasteiger partial charge in [-0.05, 0) is 38.0 Å². The van der Waals surface area contributed by atoms with Crippen molar-refractivity contribution in [1.29, 1.82) is 0 Å². The molecule has 3 nitrogen and oxygen atoms in total. The molecule has 0 aliphatic heterocycles. The Hall–Kier alpha value is -1.48. The average Bonchev–Trinajstić information content (AvgIpc) is 2.23. The molecular formula is C15H20ClNO2. The molecule has 19 heavy (non-hydrogen) atoms. The molecule has 1 aromatic rings. The van der Waals surface area contributed by atoms with Crippen LogP contribution in [0.25, 0.3) is 0 Å². The molecule has 0 aliphatic carbocycles. The minimum absolute atomic E-state index is 0.0803. The monoisotopic (exact) mass is 281 g/mol. The van der Waals surface area contributed by atoms with Crippen LogP contribution in [0.2, 0.25) is 5.02 Å². The van der Waals surface area contributed by atoms with E-state index in [1.165, 1.54) is 0 Å². The van der Waals surface area contributed by atoms with Crippen molar-refractivity contribution in [3.05, 3.63) is 40.4 Å². The Morgan fingerprint density at radius 3 is 2.53 bits per heavy atom. The highest BCUT2D eigenvalue weighted by atomic mass is 35.5. The highest BCUT2D eigenvalue weighted by Gasteiger charge is 2.15. The van der Waals surface area contributed by atoms with Gasteiger partial charge >= 0.3 is 5.97 Å². The second kappa shape index (κ2) is 6.62. The average molecular weight is 282 g/mol. The van der Waals surface area contributed by atoms with Crippen LogP contribution >= 0.6 is 11.6 Å². The normalized spacial score (nSPS) is 10.3. The number of carboxylic acids is 1. The van der Waals surface area contributed by atoms with E-state index >= 15 is 0 Å². The van der Waals surface area contributed by atoms with E-state index in [4.69, 9.17) is 16.7 Å². The molecule has 1 N–H and O–H groups in total. The lowest BCUT2D eigenvalue weighted by Gasteiger charge is -2.27. The second-order valence-corrected chi connectivity index (χ2v) is 5.34. The Morgan fingerprint density at radius 1 is 1.42 bits per heavy atom. The molecule has 0 aromatic heterocycles. The molecule has 0 saturated heterocycles. The molecule has 4 heteroatoms. The molecule has 0 bridgehead atoms. The van der Waals surface area contributed by atoms with Gasteiger partial charge < -0.3 is 10.0 Å². The van der Waals surface area contributed by atoms with E-state index in [9.17, 15) is 4.79 Å². The van der Waals surface area contributed by atoms with E-state index < -0.39 is 5.97 Å². The molecule has 0 unspecified atom stereocenters. The van der Waals surface area contributed by atoms with Crippen LogP contribution in [0.15, 0.2) is 24.3 Å². The Labute approximate surface area is 119 Å². The van der Waals surface area contributed by atoms with Crippen LogP contribution in [-0.2, 0) is 4.79 Å². The molecule has 0 radical (unpaired) electrons. The molecule has 1 rings (SSSR count). The molecule has 1 aromatic carbocycles. The molecule has 0 fully saturated rings. The summed E-state index contributed by atoms with van der Waals surface area (Å²) in [6.07, 6.45) is 0.0803. The van der Waals surface area contributed by atoms with Crippen LogP contribution in [0.5, 0.6) is 0 Å². The number of hydrogen-bond donors (Lipinski definition) is 1. The molecular weight excluding hydrogens is 262 g/mol. The summed E-state index contributed by atoms with van der Waals surface area (Å²) in [6.45, 7) is 10.8. The zero-order valence-electron chi connectivity index (χ0n) is 11.7. The number of halogens is 1. The number of rotatable bonds is 6. The number of benzene rings is 1. The Kier molecular flexibility index (Phi) is 5.43. The quantitative estimate of drug-likeness (QED) is 0.806. The summed E-state index contributed by atoms with van der Waals surface area (Å²) < 4.78 is 0. The topological polar surface area (TPSA) is 40.5 Å². The summed E-state index contributed by atoms with van der Waals surface area (Å²) in [5, 5.41) is 9.50. The van der Waals surface area contributed by atoms with E-state index in [2.05, 4.69) is 6.58 Å². The van der Waals surface area contributed by atoms with Crippen molar-refractivity contribution >= 4 is 23.3 Å². The van der Waals surface area contributed by atoms with Gasteiger partial charge in [0.2, 0.25) is 0 Å². The van der Waals surface area contributed by atoms with E-state index in [1.807, 2.05) is 37.8 Å². The third-order valence-corrected chi connectivity index (χ3v) is 3.06. The summed E-state index contributed by atoms with van der Waals surface area (Å²) in [5.74, 6) is -0.812. The fourth-order valence-corrected chi connectivity index (χ4v) is 2.58. The van der Waals surface area contributed by atoms with Crippen molar-refractivity contribution < 1.29 is 9.90 Å². The fourth-order valence-electron chi connectivity index (χ4n) is 2.13. The maximum Gasteiger partial charge on any atom is 0.305 e. The van der Waals surface area contributed by atoms with E-state index in [-0.39, 0.29) is 6.42 Å². The van der Waals surface area contributed by atoms with Crippen LogP contribution in [0.3, 0.4) is 0 Å². The minimum atomic E-state index is -0.812. The second-order valence-electron chi connectivity index (χ2n) is 4.93. The smallest absolute Gasteiger partial charge is 0.305 e. The molecule has 0 saturated carbocycles. The van der Waals surface area contributed by atoms with Crippen LogP contribution in [0.4, 0.5) is 5.69 Å². The third-order valence-electron chi connectivity index (χ3n) is 2.77. The van der Waals surface area contributed by atoms with Gasteiger partial charge in [-0.15, -0.1) is 0 Å². The van der Waals surface area contributed by atoms with Crippen LogP contribution in [-0.4, -0.2) is 24.2 Å². The number of anilines is 1. The summed E-state index contributed by atoms with van der Waals surface area (Å²) in [4.78, 5) is 12.7. The van der Waals surface area contributed by atoms with E-state index in [0.717, 1.165) is 22.4 Å². The minimum Gasteiger partial charge on any atom is -0.481 e. The molecule has 0 atom stereocenters. The number of hydrogen-bond acceptors (Lipinski definition) is 2. The zero-order valence-corrected chi connectivity index (χ0v) is 12.4. The van der Waals surface area contributed by atoms with Gasteiger partial charge in [-0.25, -0.2) is 0 Å². The summed E-state index contributed by atoms with van der Waals surface area (Å²) in [7, 11) is 0. The molecule has 0 spiro atoms. The first kappa shape index (κ1) is 15.6. The Morgan fingerprint density at radius 2 is 2.05 bits per heavy atom. The van der Waals surface area contributed by atoms with Gasteiger partial charge in [-0.2, -0.15) is 0 Å². The zero-order chi connectivity index (χ0) is 14.6. The van der Waals surface area contributed by atoms with Gasteiger partial charge in [0.15, 0.2) is 0 Å². The number of carboxylic acid groups (broad SMARTS) is 1. The highest BCUT2D eigenvalue weighted by Crippen LogP contribution is 2.31. The first-order chi connectivity index (χ1) is 8.81. The van der Waals surface area contributed by atoms with Crippen molar-refractivity contribution in [2.45, 2.75) is 27.2 Å². The van der Waals surface area contributed by atoms with Crippen molar-refractivity contribution in [2.24, 2.45) is 0 Å². The number of nitrogens with zero attached hydrogens (tertiary/aromatic N) is 1. The molecule has 0 heterocycles. The molecule has 104 valence electrons. The van der Waals surface area contributed by atoms with E-state index in [1.54, 1.807) is 0 Å². The van der Waals surface area contributed by atoms with Gasteiger partial charge in [-0.1, -0.05) is 29.8 Å². The lowest BCUT2D eigenvalue weighted by atomic mass is 10.1. The number of aryl methyl sites for hydroxylation is 2. The molecule has 0 aliphatic rings. The summed E-state index contributed by atoms with van der Waals surface area (Å²) >= 11 is 6.31. The molecule has 0 amide bonds. The predicted octanol–water partition coefficient (Wildman–Crippen LogP) is 3.81. The SMILES string of the molecule is C=C(C)CN(CCC(=O)O)c1c(C)cc(C)cc1Cl. The maximum absolute atomic E-state index is 10.8. The van der Waals surface area contributed by atoms with Gasteiger partial charge in [0.25, 0.3) is 0 Å². The van der Waals surface area contributed by atoms with Gasteiger partial charge in [0.05, 0.1) is 17.1 Å². The first-order valence-corrected chi connectivity index (χ1v) is 6.57. The largest absolute Gasteiger partial charge is 0.481 e. The van der Waals surface area contributed by atoms with Gasteiger partial charge in [0.1, 0.15) is 0 Å². The predicted molar refractivity (Wildman–Crippen MR) is 80.2 cm³/mol. The lowest BCUT2D eigenvalue weighted by Crippen LogP contribution is -2.28. The summed E-state index contributed by atoms with van der Waals surface area (Å²) in [5.41, 5.74) is 4.02. The van der Waals surface area contributed by atoms with Gasteiger partial charge in [-0.3, -0.25) is 4.79 Å². The third kappa shape index (κ3) is 4.60.